The van der Waals surface area contributed by atoms with Gasteiger partial charge in [-0.2, -0.15) is 16.9 Å². The van der Waals surface area contributed by atoms with E-state index in [-0.39, 0.29) is 6.03 Å². The minimum atomic E-state index is -0.0392. The molecule has 1 aromatic heterocycles. The summed E-state index contributed by atoms with van der Waals surface area (Å²) >= 11 is 1.92. The third kappa shape index (κ3) is 5.26. The van der Waals surface area contributed by atoms with Crippen LogP contribution in [0.5, 0.6) is 0 Å². The summed E-state index contributed by atoms with van der Waals surface area (Å²) in [7, 11) is 0. The number of nitrogens with zero attached hydrogens (tertiary/aromatic N) is 2. The van der Waals surface area contributed by atoms with Gasteiger partial charge in [0.25, 0.3) is 0 Å². The van der Waals surface area contributed by atoms with Gasteiger partial charge >= 0.3 is 6.03 Å². The molecule has 0 unspecified atom stereocenters. The molecule has 1 aliphatic heterocycles. The monoisotopic (exact) mass is 310 g/mol. The smallest absolute Gasteiger partial charge is 0.315 e. The molecule has 2 atom stereocenters. The highest BCUT2D eigenvalue weighted by molar-refractivity contribution is 7.99. The summed E-state index contributed by atoms with van der Waals surface area (Å²) in [4.78, 5) is 11.9. The second-order valence-corrected chi connectivity index (χ2v) is 7.13. The first kappa shape index (κ1) is 16.2. The lowest BCUT2D eigenvalue weighted by Crippen LogP contribution is -2.45. The molecule has 1 saturated heterocycles. The van der Waals surface area contributed by atoms with Crippen molar-refractivity contribution >= 4 is 17.8 Å². The number of amides is 2. The minimum absolute atomic E-state index is 0.0392. The van der Waals surface area contributed by atoms with Crippen LogP contribution in [0.25, 0.3) is 0 Å². The van der Waals surface area contributed by atoms with E-state index in [1.54, 1.807) is 0 Å². The second kappa shape index (κ2) is 7.73. The fourth-order valence-electron chi connectivity index (χ4n) is 2.58. The fraction of sp³-hybridized carbons (Fsp3) is 0.733. The van der Waals surface area contributed by atoms with E-state index in [4.69, 9.17) is 0 Å². The zero-order valence-electron chi connectivity index (χ0n) is 13.2. The molecule has 2 N–H and O–H groups in total. The molecule has 118 valence electrons. The molecule has 0 radical (unpaired) electrons. The Morgan fingerprint density at radius 3 is 3.00 bits per heavy atom. The first-order chi connectivity index (χ1) is 10.0. The largest absolute Gasteiger partial charge is 0.338 e. The van der Waals surface area contributed by atoms with E-state index in [1.165, 1.54) is 17.9 Å². The lowest BCUT2D eigenvalue weighted by Gasteiger charge is -2.23. The molecular formula is C15H26N4OS. The van der Waals surface area contributed by atoms with Gasteiger partial charge in [-0.3, -0.25) is 4.68 Å². The number of urea groups is 1. The van der Waals surface area contributed by atoms with Crippen LogP contribution in [0.1, 0.15) is 31.2 Å². The molecule has 1 fully saturated rings. The molecule has 2 rings (SSSR count). The highest BCUT2D eigenvalue weighted by Gasteiger charge is 2.16. The normalized spacial score (nSPS) is 20.0. The molecule has 0 aliphatic carbocycles. The maximum Gasteiger partial charge on any atom is 0.315 e. The van der Waals surface area contributed by atoms with Gasteiger partial charge < -0.3 is 10.6 Å². The summed E-state index contributed by atoms with van der Waals surface area (Å²) in [5.74, 6) is 2.61. The Morgan fingerprint density at radius 1 is 1.57 bits per heavy atom. The van der Waals surface area contributed by atoms with Crippen molar-refractivity contribution in [2.24, 2.45) is 5.92 Å². The molecule has 6 heteroatoms. The first-order valence-electron chi connectivity index (χ1n) is 7.67. The molecule has 1 aromatic rings. The van der Waals surface area contributed by atoms with E-state index in [1.807, 2.05) is 23.4 Å². The third-order valence-corrected chi connectivity index (χ3v) is 4.91. The van der Waals surface area contributed by atoms with Crippen LogP contribution in [0.3, 0.4) is 0 Å². The predicted octanol–water partition coefficient (Wildman–Crippen LogP) is 2.33. The summed E-state index contributed by atoms with van der Waals surface area (Å²) in [5.41, 5.74) is 2.21. The Balaban J connectivity index is 1.69. The van der Waals surface area contributed by atoms with Gasteiger partial charge in [0.15, 0.2) is 0 Å². The van der Waals surface area contributed by atoms with Gasteiger partial charge in [0.2, 0.25) is 0 Å². The van der Waals surface area contributed by atoms with Crippen molar-refractivity contribution in [2.75, 3.05) is 18.1 Å². The second-order valence-electron chi connectivity index (χ2n) is 5.98. The summed E-state index contributed by atoms with van der Waals surface area (Å²) in [5, 5.41) is 10.5. The number of rotatable bonds is 5. The summed E-state index contributed by atoms with van der Waals surface area (Å²) < 4.78 is 2.01. The molecule has 1 aliphatic rings. The molecule has 0 bridgehead atoms. The molecular weight excluding hydrogens is 284 g/mol. The Morgan fingerprint density at radius 2 is 2.38 bits per heavy atom. The van der Waals surface area contributed by atoms with Crippen molar-refractivity contribution in [2.45, 2.75) is 46.2 Å². The maximum atomic E-state index is 11.9. The summed E-state index contributed by atoms with van der Waals surface area (Å²) in [6.07, 6.45) is 2.30. The lowest BCUT2D eigenvalue weighted by atomic mass is 10.2. The van der Waals surface area contributed by atoms with Crippen LogP contribution in [-0.4, -0.2) is 39.9 Å². The van der Waals surface area contributed by atoms with Gasteiger partial charge in [-0.1, -0.05) is 6.92 Å². The number of nitrogens with one attached hydrogen (secondary N) is 2. The van der Waals surface area contributed by atoms with Gasteiger partial charge in [0.1, 0.15) is 0 Å². The number of hydrogen-bond donors (Lipinski definition) is 2. The highest BCUT2D eigenvalue weighted by atomic mass is 32.2. The van der Waals surface area contributed by atoms with Gasteiger partial charge in [0.05, 0.1) is 5.69 Å². The number of carbonyl (C=O) groups is 1. The van der Waals surface area contributed by atoms with E-state index < -0.39 is 0 Å². The van der Waals surface area contributed by atoms with Crippen molar-refractivity contribution in [1.29, 1.82) is 0 Å². The molecule has 21 heavy (non-hydrogen) atoms. The Hall–Kier alpha value is -1.17. The predicted molar refractivity (Wildman–Crippen MR) is 87.7 cm³/mol. The van der Waals surface area contributed by atoms with Crippen LogP contribution in [0, 0.1) is 19.8 Å². The molecule has 2 heterocycles. The Bertz CT molecular complexity index is 468. The zero-order valence-corrected chi connectivity index (χ0v) is 14.0. The van der Waals surface area contributed by atoms with Crippen LogP contribution in [0.15, 0.2) is 6.07 Å². The molecule has 5 nitrogen and oxygen atoms in total. The van der Waals surface area contributed by atoms with Crippen molar-refractivity contribution < 1.29 is 4.79 Å². The lowest BCUT2D eigenvalue weighted by molar-refractivity contribution is 0.234. The van der Waals surface area contributed by atoms with Gasteiger partial charge in [0, 0.05) is 30.6 Å². The first-order valence-corrected chi connectivity index (χ1v) is 8.83. The summed E-state index contributed by atoms with van der Waals surface area (Å²) in [6.45, 7) is 7.70. The molecule has 0 spiro atoms. The number of aryl methyl sites for hydroxylation is 2. The van der Waals surface area contributed by atoms with Crippen LogP contribution >= 0.6 is 11.8 Å². The number of aromatic nitrogens is 2. The van der Waals surface area contributed by atoms with Crippen molar-refractivity contribution in [3.05, 3.63) is 17.5 Å². The SMILES string of the molecule is Cc1cc(C)n(C[C@H](C)CNC(=O)N[C@@H]2CCCSC2)n1. The fourth-order valence-corrected chi connectivity index (χ4v) is 3.65. The van der Waals surface area contributed by atoms with Crippen molar-refractivity contribution in [3.63, 3.8) is 0 Å². The Labute approximate surface area is 131 Å². The minimum Gasteiger partial charge on any atom is -0.338 e. The average Bonchev–Trinajstić information content (AvgIpc) is 2.76. The van der Waals surface area contributed by atoms with Gasteiger partial charge in [-0.05, 0) is 44.4 Å². The summed E-state index contributed by atoms with van der Waals surface area (Å²) in [6, 6.07) is 2.37. The zero-order chi connectivity index (χ0) is 15.2. The van der Waals surface area contributed by atoms with Crippen LogP contribution in [0.2, 0.25) is 0 Å². The van der Waals surface area contributed by atoms with E-state index in [9.17, 15) is 4.79 Å². The molecule has 0 aromatic carbocycles. The Kier molecular flexibility index (Phi) is 5.96. The number of hydrogen-bond acceptors (Lipinski definition) is 3. The number of thioether (sulfide) groups is 1. The quantitative estimate of drug-likeness (QED) is 0.877. The molecule has 0 saturated carbocycles. The highest BCUT2D eigenvalue weighted by Crippen LogP contribution is 2.16. The standard InChI is InChI=1S/C15H26N4OS/c1-11(9-19-13(3)7-12(2)18-19)8-16-15(20)17-14-5-4-6-21-10-14/h7,11,14H,4-6,8-10H2,1-3H3,(H2,16,17,20)/t11-,14-/m1/s1. The maximum absolute atomic E-state index is 11.9. The third-order valence-electron chi connectivity index (χ3n) is 3.69. The van der Waals surface area contributed by atoms with Gasteiger partial charge in [-0.25, -0.2) is 4.79 Å². The number of carbonyl (C=O) groups excluding carboxylic acids is 1. The van der Waals surface area contributed by atoms with E-state index in [0.29, 0.717) is 18.5 Å². The van der Waals surface area contributed by atoms with E-state index in [2.05, 4.69) is 35.6 Å². The van der Waals surface area contributed by atoms with Crippen molar-refractivity contribution in [1.82, 2.24) is 20.4 Å². The van der Waals surface area contributed by atoms with E-state index >= 15 is 0 Å². The van der Waals surface area contributed by atoms with Gasteiger partial charge in [-0.15, -0.1) is 0 Å². The van der Waals surface area contributed by atoms with Crippen LogP contribution in [-0.2, 0) is 6.54 Å². The van der Waals surface area contributed by atoms with Crippen molar-refractivity contribution in [3.8, 4) is 0 Å². The van der Waals surface area contributed by atoms with E-state index in [0.717, 1.165) is 24.4 Å². The van der Waals surface area contributed by atoms with Crippen LogP contribution < -0.4 is 10.6 Å². The average molecular weight is 310 g/mol. The van der Waals surface area contributed by atoms with Crippen LogP contribution in [0.4, 0.5) is 4.79 Å². The topological polar surface area (TPSA) is 59.0 Å². The molecule has 2 amide bonds.